The first-order valence-electron chi connectivity index (χ1n) is 5.00. The third-order valence-electron chi connectivity index (χ3n) is 2.50. The lowest BCUT2D eigenvalue weighted by Crippen LogP contribution is -2.27. The van der Waals surface area contributed by atoms with Crippen LogP contribution in [-0.2, 0) is 0 Å². The average Bonchev–Trinajstić information content (AvgIpc) is 2.30. The summed E-state index contributed by atoms with van der Waals surface area (Å²) >= 11 is 1.60. The van der Waals surface area contributed by atoms with Crippen LogP contribution < -0.4 is 5.32 Å². The van der Waals surface area contributed by atoms with Crippen LogP contribution in [0.15, 0.2) is 17.4 Å². The zero-order chi connectivity index (χ0) is 9.80. The van der Waals surface area contributed by atoms with E-state index >= 15 is 0 Å². The summed E-state index contributed by atoms with van der Waals surface area (Å²) in [5.41, 5.74) is 1.14. The van der Waals surface area contributed by atoms with Gasteiger partial charge < -0.3 is 5.32 Å². The molecule has 76 valence electrons. The molecular weight excluding hydrogens is 194 g/mol. The van der Waals surface area contributed by atoms with Gasteiger partial charge >= 0.3 is 0 Å². The molecule has 2 rings (SSSR count). The van der Waals surface area contributed by atoms with E-state index in [2.05, 4.69) is 15.3 Å². The second-order valence-corrected chi connectivity index (χ2v) is 4.24. The van der Waals surface area contributed by atoms with Crippen molar-refractivity contribution in [2.45, 2.75) is 30.5 Å². The Balaban J connectivity index is 2.13. The molecule has 2 heterocycles. The Hall–Kier alpha value is -0.610. The van der Waals surface area contributed by atoms with Crippen LogP contribution in [0.25, 0.3) is 0 Å². The fraction of sp³-hybridized carbons (Fsp3) is 0.600. The highest BCUT2D eigenvalue weighted by Crippen LogP contribution is 2.21. The lowest BCUT2D eigenvalue weighted by Gasteiger charge is -2.22. The third kappa shape index (κ3) is 2.25. The van der Waals surface area contributed by atoms with E-state index in [4.69, 9.17) is 0 Å². The highest BCUT2D eigenvalue weighted by molar-refractivity contribution is 7.98. The van der Waals surface area contributed by atoms with E-state index < -0.39 is 0 Å². The van der Waals surface area contributed by atoms with Gasteiger partial charge in [0.05, 0.1) is 5.69 Å². The molecule has 14 heavy (non-hydrogen) atoms. The predicted octanol–water partition coefficient (Wildman–Crippen LogP) is 2.01. The van der Waals surface area contributed by atoms with Crippen LogP contribution in [0.3, 0.4) is 0 Å². The minimum Gasteiger partial charge on any atom is -0.309 e. The van der Waals surface area contributed by atoms with Gasteiger partial charge in [-0.05, 0) is 31.7 Å². The van der Waals surface area contributed by atoms with Crippen molar-refractivity contribution in [3.8, 4) is 0 Å². The molecule has 0 aliphatic carbocycles. The molecule has 0 amide bonds. The first kappa shape index (κ1) is 9.93. The zero-order valence-corrected chi connectivity index (χ0v) is 9.18. The minimum absolute atomic E-state index is 0.442. The molecule has 1 unspecified atom stereocenters. The fourth-order valence-corrected chi connectivity index (χ4v) is 2.11. The fourth-order valence-electron chi connectivity index (χ4n) is 1.75. The lowest BCUT2D eigenvalue weighted by atomic mass is 10.0. The maximum absolute atomic E-state index is 4.50. The van der Waals surface area contributed by atoms with Crippen molar-refractivity contribution in [2.75, 3.05) is 12.8 Å². The molecule has 1 fully saturated rings. The molecule has 0 aromatic carbocycles. The number of piperidine rings is 1. The summed E-state index contributed by atoms with van der Waals surface area (Å²) in [7, 11) is 0. The van der Waals surface area contributed by atoms with E-state index in [-0.39, 0.29) is 0 Å². The van der Waals surface area contributed by atoms with Crippen LogP contribution in [0.2, 0.25) is 0 Å². The predicted molar refractivity (Wildman–Crippen MR) is 58.4 cm³/mol. The van der Waals surface area contributed by atoms with Gasteiger partial charge in [-0.2, -0.15) is 0 Å². The molecule has 1 saturated heterocycles. The summed E-state index contributed by atoms with van der Waals surface area (Å²) in [4.78, 5) is 8.68. The minimum atomic E-state index is 0.442. The van der Waals surface area contributed by atoms with Crippen LogP contribution in [-0.4, -0.2) is 22.8 Å². The van der Waals surface area contributed by atoms with E-state index in [9.17, 15) is 0 Å². The van der Waals surface area contributed by atoms with Gasteiger partial charge in [-0.15, -0.1) is 0 Å². The molecule has 4 heteroatoms. The largest absolute Gasteiger partial charge is 0.309 e. The normalized spacial score (nSPS) is 22.2. The second-order valence-electron chi connectivity index (χ2n) is 3.47. The number of nitrogens with one attached hydrogen (secondary N) is 1. The van der Waals surface area contributed by atoms with E-state index in [0.717, 1.165) is 17.4 Å². The molecule has 1 aliphatic rings. The monoisotopic (exact) mass is 209 g/mol. The Bertz CT molecular complexity index is 297. The quantitative estimate of drug-likeness (QED) is 0.597. The van der Waals surface area contributed by atoms with Gasteiger partial charge in [-0.25, -0.2) is 9.97 Å². The van der Waals surface area contributed by atoms with Crippen molar-refractivity contribution in [1.82, 2.24) is 15.3 Å². The van der Waals surface area contributed by atoms with Crippen LogP contribution in [0.4, 0.5) is 0 Å². The van der Waals surface area contributed by atoms with Crippen LogP contribution in [0.5, 0.6) is 0 Å². The van der Waals surface area contributed by atoms with E-state index in [1.165, 1.54) is 19.3 Å². The maximum Gasteiger partial charge on any atom is 0.187 e. The molecule has 0 bridgehead atoms. The van der Waals surface area contributed by atoms with Crippen molar-refractivity contribution in [2.24, 2.45) is 0 Å². The van der Waals surface area contributed by atoms with Gasteiger partial charge in [0.15, 0.2) is 5.16 Å². The third-order valence-corrected chi connectivity index (χ3v) is 3.07. The molecule has 3 nitrogen and oxygen atoms in total. The molecule has 1 atom stereocenters. The number of nitrogens with zero attached hydrogens (tertiary/aromatic N) is 2. The number of thioether (sulfide) groups is 1. The zero-order valence-electron chi connectivity index (χ0n) is 8.36. The average molecular weight is 209 g/mol. The molecular formula is C10H15N3S. The Morgan fingerprint density at radius 3 is 3.14 bits per heavy atom. The highest BCUT2D eigenvalue weighted by Gasteiger charge is 2.15. The van der Waals surface area contributed by atoms with Crippen molar-refractivity contribution in [3.63, 3.8) is 0 Å². The first-order chi connectivity index (χ1) is 6.90. The SMILES string of the molecule is CSc1nccc(C2CCCCN2)n1. The molecule has 1 aromatic heterocycles. The first-order valence-corrected chi connectivity index (χ1v) is 6.23. The summed E-state index contributed by atoms with van der Waals surface area (Å²) in [6, 6.07) is 2.46. The van der Waals surface area contributed by atoms with Crippen molar-refractivity contribution in [1.29, 1.82) is 0 Å². The van der Waals surface area contributed by atoms with E-state index in [1.54, 1.807) is 11.8 Å². The maximum atomic E-state index is 4.50. The van der Waals surface area contributed by atoms with Gasteiger partial charge in [0.25, 0.3) is 0 Å². The number of aromatic nitrogens is 2. The summed E-state index contributed by atoms with van der Waals surface area (Å²) in [5, 5.41) is 4.36. The number of rotatable bonds is 2. The summed E-state index contributed by atoms with van der Waals surface area (Å²) < 4.78 is 0. The van der Waals surface area contributed by atoms with Crippen molar-refractivity contribution in [3.05, 3.63) is 18.0 Å². The van der Waals surface area contributed by atoms with Crippen LogP contribution in [0.1, 0.15) is 31.0 Å². The van der Waals surface area contributed by atoms with Gasteiger partial charge in [0.2, 0.25) is 0 Å². The van der Waals surface area contributed by atoms with Gasteiger partial charge in [-0.1, -0.05) is 18.2 Å². The Kier molecular flexibility index (Phi) is 3.37. The standard InChI is InChI=1S/C10H15N3S/c1-14-10-12-7-5-9(13-10)8-4-2-3-6-11-8/h5,7-8,11H,2-4,6H2,1H3. The van der Waals surface area contributed by atoms with Gasteiger partial charge in [0.1, 0.15) is 0 Å². The number of hydrogen-bond acceptors (Lipinski definition) is 4. The Labute approximate surface area is 88.7 Å². The topological polar surface area (TPSA) is 37.8 Å². The van der Waals surface area contributed by atoms with Crippen LogP contribution in [0, 0.1) is 0 Å². The molecule has 0 spiro atoms. The van der Waals surface area contributed by atoms with Crippen molar-refractivity contribution >= 4 is 11.8 Å². The number of hydrogen-bond donors (Lipinski definition) is 1. The van der Waals surface area contributed by atoms with Gasteiger partial charge in [0, 0.05) is 12.2 Å². The summed E-state index contributed by atoms with van der Waals surface area (Å²) in [6.45, 7) is 1.11. The lowest BCUT2D eigenvalue weighted by molar-refractivity contribution is 0.403. The molecule has 0 saturated carbocycles. The molecule has 0 radical (unpaired) electrons. The van der Waals surface area contributed by atoms with Crippen molar-refractivity contribution < 1.29 is 0 Å². The highest BCUT2D eigenvalue weighted by atomic mass is 32.2. The molecule has 1 N–H and O–H groups in total. The van der Waals surface area contributed by atoms with Crippen LogP contribution >= 0.6 is 11.8 Å². The molecule has 1 aromatic rings. The van der Waals surface area contributed by atoms with E-state index in [1.807, 2.05) is 18.5 Å². The Morgan fingerprint density at radius 2 is 2.43 bits per heavy atom. The summed E-state index contributed by atoms with van der Waals surface area (Å²) in [6.07, 6.45) is 7.65. The second kappa shape index (κ2) is 4.75. The molecule has 1 aliphatic heterocycles. The Morgan fingerprint density at radius 1 is 1.50 bits per heavy atom. The van der Waals surface area contributed by atoms with Gasteiger partial charge in [-0.3, -0.25) is 0 Å². The smallest absolute Gasteiger partial charge is 0.187 e. The van der Waals surface area contributed by atoms with E-state index in [0.29, 0.717) is 6.04 Å². The summed E-state index contributed by atoms with van der Waals surface area (Å²) in [5.74, 6) is 0.